The summed E-state index contributed by atoms with van der Waals surface area (Å²) in [6.07, 6.45) is 4.87. The largest absolute Gasteiger partial charge is 0.471 e. The minimum atomic E-state index is -3.58. The molecule has 2 fully saturated rings. The lowest BCUT2D eigenvalue weighted by Gasteiger charge is -2.46. The van der Waals surface area contributed by atoms with Gasteiger partial charge in [-0.15, -0.1) is 0 Å². The summed E-state index contributed by atoms with van der Waals surface area (Å²) in [6.45, 7) is 1.80. The number of ether oxygens (including phenoxy) is 2. The van der Waals surface area contributed by atoms with Crippen LogP contribution in [0.15, 0.2) is 47.8 Å². The molecule has 0 amide bonds. The fourth-order valence-corrected chi connectivity index (χ4v) is 5.14. The zero-order valence-corrected chi connectivity index (χ0v) is 20.5. The van der Waals surface area contributed by atoms with Gasteiger partial charge in [-0.2, -0.15) is 9.65 Å². The van der Waals surface area contributed by atoms with E-state index in [0.29, 0.717) is 37.8 Å². The van der Waals surface area contributed by atoms with Crippen LogP contribution in [0, 0.1) is 34.8 Å². The van der Waals surface area contributed by atoms with E-state index in [1.54, 1.807) is 0 Å². The predicted octanol–water partition coefficient (Wildman–Crippen LogP) is 2.70. The maximum absolute atomic E-state index is 15.3. The number of pyridine rings is 1. The minimum absolute atomic E-state index is 0.0687. The standard InChI is InChI=1S/C24H22F2N6O4S/c1-37(33,34)17-2-3-19(18(25)6-17)31-20-4-5-28-23(21(20)26)36-22-15-10-32(11-16(22)13-35-12-15)24-29-8-14(7-27)9-30-24/h2-6,8-9,15-16,22H,10-13H2,1H3,(H,28,31). The van der Waals surface area contributed by atoms with Gasteiger partial charge in [-0.3, -0.25) is 0 Å². The van der Waals surface area contributed by atoms with Crippen molar-refractivity contribution in [3.8, 4) is 11.9 Å². The van der Waals surface area contributed by atoms with Crippen molar-refractivity contribution in [1.29, 1.82) is 5.26 Å². The van der Waals surface area contributed by atoms with Crippen molar-refractivity contribution in [2.24, 2.45) is 11.8 Å². The molecular formula is C24H22F2N6O4S. The van der Waals surface area contributed by atoms with E-state index in [9.17, 15) is 12.8 Å². The van der Waals surface area contributed by atoms with Crippen LogP contribution in [0.3, 0.4) is 0 Å². The molecule has 2 bridgehead atoms. The number of hydrogen-bond donors (Lipinski definition) is 1. The Morgan fingerprint density at radius 1 is 1.11 bits per heavy atom. The Bertz CT molecular complexity index is 1450. The lowest BCUT2D eigenvalue weighted by molar-refractivity contribution is -0.0780. The van der Waals surface area contributed by atoms with Gasteiger partial charge in [-0.05, 0) is 24.3 Å². The summed E-state index contributed by atoms with van der Waals surface area (Å²) in [7, 11) is -3.58. The first-order chi connectivity index (χ1) is 17.7. The van der Waals surface area contributed by atoms with E-state index in [-0.39, 0.29) is 40.1 Å². The predicted molar refractivity (Wildman–Crippen MR) is 128 cm³/mol. The van der Waals surface area contributed by atoms with E-state index in [4.69, 9.17) is 14.7 Å². The van der Waals surface area contributed by atoms with Gasteiger partial charge in [0.05, 0.1) is 47.4 Å². The number of hydrogen-bond acceptors (Lipinski definition) is 10. The molecule has 2 aliphatic rings. The van der Waals surface area contributed by atoms with Crippen LogP contribution in [0.2, 0.25) is 0 Å². The summed E-state index contributed by atoms with van der Waals surface area (Å²) in [5, 5.41) is 11.6. The van der Waals surface area contributed by atoms with Crippen molar-refractivity contribution in [1.82, 2.24) is 15.0 Å². The minimum Gasteiger partial charge on any atom is -0.471 e. The number of piperidine rings is 1. The normalized spacial score (nSPS) is 21.2. The van der Waals surface area contributed by atoms with Crippen LogP contribution in [-0.2, 0) is 14.6 Å². The quantitative estimate of drug-likeness (QED) is 0.510. The van der Waals surface area contributed by atoms with Crippen LogP contribution in [-0.4, -0.2) is 62.0 Å². The smallest absolute Gasteiger partial charge is 0.252 e. The number of aromatic nitrogens is 3. The molecule has 2 atom stereocenters. The van der Waals surface area contributed by atoms with Gasteiger partial charge in [0.2, 0.25) is 11.8 Å². The van der Waals surface area contributed by atoms with Gasteiger partial charge in [0.25, 0.3) is 5.88 Å². The Labute approximate surface area is 211 Å². The highest BCUT2D eigenvalue weighted by Crippen LogP contribution is 2.35. The second-order valence-corrected chi connectivity index (χ2v) is 11.0. The van der Waals surface area contributed by atoms with Gasteiger partial charge < -0.3 is 19.7 Å². The number of anilines is 3. The molecule has 2 aliphatic heterocycles. The lowest BCUT2D eigenvalue weighted by atomic mass is 9.84. The number of rotatable bonds is 6. The van der Waals surface area contributed by atoms with Gasteiger partial charge in [0.1, 0.15) is 18.0 Å². The van der Waals surface area contributed by atoms with E-state index >= 15 is 4.39 Å². The number of fused-ring (bicyclic) bond motifs is 2. The molecule has 0 spiro atoms. The molecule has 2 aromatic heterocycles. The molecule has 0 saturated carbocycles. The van der Waals surface area contributed by atoms with Crippen molar-refractivity contribution >= 4 is 27.2 Å². The molecule has 2 unspecified atom stereocenters. The Balaban J connectivity index is 1.33. The van der Waals surface area contributed by atoms with Crippen molar-refractivity contribution in [3.63, 3.8) is 0 Å². The van der Waals surface area contributed by atoms with Gasteiger partial charge in [0, 0.05) is 37.4 Å². The Morgan fingerprint density at radius 3 is 2.43 bits per heavy atom. The Kier molecular flexibility index (Phi) is 6.61. The van der Waals surface area contributed by atoms with Crippen LogP contribution < -0.4 is 15.0 Å². The molecule has 1 aromatic carbocycles. The molecule has 1 N–H and O–H groups in total. The number of benzene rings is 1. The first-order valence-electron chi connectivity index (χ1n) is 11.4. The maximum Gasteiger partial charge on any atom is 0.252 e. The third kappa shape index (κ3) is 5.16. The van der Waals surface area contributed by atoms with E-state index in [2.05, 4.69) is 20.3 Å². The van der Waals surface area contributed by atoms with E-state index < -0.39 is 21.5 Å². The molecule has 4 heterocycles. The van der Waals surface area contributed by atoms with Gasteiger partial charge in [-0.25, -0.2) is 27.8 Å². The second kappa shape index (κ2) is 9.87. The lowest BCUT2D eigenvalue weighted by Crippen LogP contribution is -2.58. The Morgan fingerprint density at radius 2 is 1.81 bits per heavy atom. The van der Waals surface area contributed by atoms with E-state index in [1.807, 2.05) is 11.0 Å². The zero-order valence-electron chi connectivity index (χ0n) is 19.6. The highest BCUT2D eigenvalue weighted by molar-refractivity contribution is 7.90. The third-order valence-electron chi connectivity index (χ3n) is 6.30. The summed E-state index contributed by atoms with van der Waals surface area (Å²) >= 11 is 0. The molecular weight excluding hydrogens is 506 g/mol. The molecule has 192 valence electrons. The molecule has 13 heteroatoms. The SMILES string of the molecule is CS(=O)(=O)c1ccc(Nc2ccnc(OC3C4COCC3CN(c3ncc(C#N)cn3)C4)c2F)c(F)c1. The molecule has 3 aromatic rings. The fraction of sp³-hybridized carbons (Fsp3) is 0.333. The summed E-state index contributed by atoms with van der Waals surface area (Å²) in [5.41, 5.74) is 0.206. The molecule has 2 saturated heterocycles. The average Bonchev–Trinajstić information content (AvgIpc) is 2.86. The molecule has 0 aliphatic carbocycles. The molecule has 37 heavy (non-hydrogen) atoms. The van der Waals surface area contributed by atoms with Crippen molar-refractivity contribution in [2.45, 2.75) is 11.0 Å². The van der Waals surface area contributed by atoms with E-state index in [0.717, 1.165) is 12.3 Å². The van der Waals surface area contributed by atoms with E-state index in [1.165, 1.54) is 36.8 Å². The van der Waals surface area contributed by atoms with Crippen LogP contribution in [0.5, 0.6) is 5.88 Å². The molecule has 0 radical (unpaired) electrons. The van der Waals surface area contributed by atoms with Gasteiger partial charge >= 0.3 is 0 Å². The number of halogens is 2. The van der Waals surface area contributed by atoms with Crippen LogP contribution in [0.25, 0.3) is 0 Å². The summed E-state index contributed by atoms with van der Waals surface area (Å²) in [4.78, 5) is 14.4. The zero-order chi connectivity index (χ0) is 26.2. The monoisotopic (exact) mass is 528 g/mol. The van der Waals surface area contributed by atoms with Gasteiger partial charge in [-0.1, -0.05) is 0 Å². The first kappa shape index (κ1) is 24.8. The third-order valence-corrected chi connectivity index (χ3v) is 7.41. The topological polar surface area (TPSA) is 130 Å². The molecule has 5 rings (SSSR count). The highest BCUT2D eigenvalue weighted by atomic mass is 32.2. The first-order valence-corrected chi connectivity index (χ1v) is 13.2. The number of sulfone groups is 1. The van der Waals surface area contributed by atoms with Crippen molar-refractivity contribution in [3.05, 3.63) is 60.1 Å². The second-order valence-electron chi connectivity index (χ2n) is 8.95. The number of nitriles is 1. The van der Waals surface area contributed by atoms with Crippen LogP contribution >= 0.6 is 0 Å². The van der Waals surface area contributed by atoms with Crippen molar-refractivity contribution < 1.29 is 26.7 Å². The maximum atomic E-state index is 15.3. The number of nitrogens with one attached hydrogen (secondary N) is 1. The highest BCUT2D eigenvalue weighted by Gasteiger charge is 2.43. The summed E-state index contributed by atoms with van der Waals surface area (Å²) in [6, 6.07) is 6.67. The van der Waals surface area contributed by atoms with Crippen LogP contribution in [0.4, 0.5) is 26.1 Å². The number of nitrogens with zero attached hydrogens (tertiary/aromatic N) is 5. The van der Waals surface area contributed by atoms with Gasteiger partial charge in [0.15, 0.2) is 9.84 Å². The molecule has 10 nitrogen and oxygen atoms in total. The summed E-state index contributed by atoms with van der Waals surface area (Å²) < 4.78 is 64.9. The summed E-state index contributed by atoms with van der Waals surface area (Å²) in [5.74, 6) is -1.62. The Hall–Kier alpha value is -3.89. The van der Waals surface area contributed by atoms with Crippen molar-refractivity contribution in [2.75, 3.05) is 42.8 Å². The fourth-order valence-electron chi connectivity index (χ4n) is 4.50. The average molecular weight is 529 g/mol. The van der Waals surface area contributed by atoms with Crippen LogP contribution in [0.1, 0.15) is 5.56 Å².